The Morgan fingerprint density at radius 2 is 1.88 bits per heavy atom. The van der Waals surface area contributed by atoms with Crippen molar-refractivity contribution < 1.29 is 19.1 Å². The summed E-state index contributed by atoms with van der Waals surface area (Å²) in [6, 6.07) is 16.8. The highest BCUT2D eigenvalue weighted by Gasteiger charge is 2.13. The van der Waals surface area contributed by atoms with Gasteiger partial charge in [-0.1, -0.05) is 40.2 Å². The third kappa shape index (κ3) is 4.07. The summed E-state index contributed by atoms with van der Waals surface area (Å²) in [4.78, 5) is 23.3. The van der Waals surface area contributed by atoms with Crippen molar-refractivity contribution in [1.29, 1.82) is 0 Å². The van der Waals surface area contributed by atoms with Crippen LogP contribution in [0.5, 0.6) is 0 Å². The van der Waals surface area contributed by atoms with Gasteiger partial charge < -0.3 is 9.52 Å². The van der Waals surface area contributed by atoms with E-state index in [0.29, 0.717) is 22.6 Å². The van der Waals surface area contributed by atoms with Gasteiger partial charge in [-0.25, -0.2) is 10.2 Å². The number of carbonyl (C=O) groups is 2. The van der Waals surface area contributed by atoms with Gasteiger partial charge in [-0.05, 0) is 36.4 Å². The summed E-state index contributed by atoms with van der Waals surface area (Å²) in [5, 5.41) is 13.1. The number of carboxylic acid groups (broad SMARTS) is 1. The zero-order valence-electron chi connectivity index (χ0n) is 13.3. The second-order valence-electron chi connectivity index (χ2n) is 5.26. The standard InChI is InChI=1S/C19H13BrN2O4/c20-13-5-3-4-12(10-13)18(23)22-21-11-14-8-9-17(26-14)15-6-1-2-7-16(15)19(24)25/h1-11H,(H,22,23)(H,24,25)/b21-11+. The van der Waals surface area contributed by atoms with Gasteiger partial charge in [-0.3, -0.25) is 4.79 Å². The minimum absolute atomic E-state index is 0.147. The van der Waals surface area contributed by atoms with Crippen LogP contribution < -0.4 is 5.43 Å². The number of halogens is 1. The number of hydrazone groups is 1. The van der Waals surface area contributed by atoms with Crippen LogP contribution in [0.15, 0.2) is 74.7 Å². The number of nitrogens with one attached hydrogen (secondary N) is 1. The number of hydrogen-bond acceptors (Lipinski definition) is 4. The summed E-state index contributed by atoms with van der Waals surface area (Å²) in [7, 11) is 0. The smallest absolute Gasteiger partial charge is 0.336 e. The van der Waals surface area contributed by atoms with E-state index in [9.17, 15) is 14.7 Å². The lowest BCUT2D eigenvalue weighted by Gasteiger charge is -2.02. The monoisotopic (exact) mass is 412 g/mol. The van der Waals surface area contributed by atoms with E-state index >= 15 is 0 Å². The topological polar surface area (TPSA) is 91.9 Å². The van der Waals surface area contributed by atoms with E-state index in [1.165, 1.54) is 12.3 Å². The predicted molar refractivity (Wildman–Crippen MR) is 100 cm³/mol. The lowest BCUT2D eigenvalue weighted by molar-refractivity contribution is 0.0697. The van der Waals surface area contributed by atoms with Crippen LogP contribution in [0.2, 0.25) is 0 Å². The molecule has 1 heterocycles. The third-order valence-corrected chi connectivity index (χ3v) is 3.99. The molecule has 130 valence electrons. The Bertz CT molecular complexity index is 994. The fraction of sp³-hybridized carbons (Fsp3) is 0. The third-order valence-electron chi connectivity index (χ3n) is 3.49. The van der Waals surface area contributed by atoms with Gasteiger partial charge in [0.05, 0.1) is 11.8 Å². The number of benzene rings is 2. The largest absolute Gasteiger partial charge is 0.478 e. The molecule has 2 N–H and O–H groups in total. The highest BCUT2D eigenvalue weighted by molar-refractivity contribution is 9.10. The van der Waals surface area contributed by atoms with E-state index < -0.39 is 5.97 Å². The number of hydrogen-bond donors (Lipinski definition) is 2. The van der Waals surface area contributed by atoms with Gasteiger partial charge in [0.15, 0.2) is 0 Å². The molecule has 0 aliphatic carbocycles. The van der Waals surface area contributed by atoms with Gasteiger partial charge >= 0.3 is 5.97 Å². The maximum Gasteiger partial charge on any atom is 0.336 e. The molecule has 2 aromatic carbocycles. The summed E-state index contributed by atoms with van der Waals surface area (Å²) < 4.78 is 6.39. The number of nitrogens with zero attached hydrogens (tertiary/aromatic N) is 1. The molecule has 0 fully saturated rings. The number of aromatic carboxylic acids is 1. The molecular formula is C19H13BrN2O4. The van der Waals surface area contributed by atoms with Crippen LogP contribution in [0.25, 0.3) is 11.3 Å². The van der Waals surface area contributed by atoms with Gasteiger partial charge in [-0.15, -0.1) is 0 Å². The Balaban J connectivity index is 1.72. The summed E-state index contributed by atoms with van der Waals surface area (Å²) in [6.07, 6.45) is 1.35. The molecule has 1 amide bonds. The van der Waals surface area contributed by atoms with Crippen molar-refractivity contribution in [2.75, 3.05) is 0 Å². The lowest BCUT2D eigenvalue weighted by Crippen LogP contribution is -2.17. The highest BCUT2D eigenvalue weighted by atomic mass is 79.9. The number of carboxylic acids is 1. The summed E-state index contributed by atoms with van der Waals surface area (Å²) in [6.45, 7) is 0. The molecule has 7 heteroatoms. The zero-order valence-corrected chi connectivity index (χ0v) is 14.9. The predicted octanol–water partition coefficient (Wildman–Crippen LogP) is 4.17. The summed E-state index contributed by atoms with van der Waals surface area (Å²) >= 11 is 3.30. The van der Waals surface area contributed by atoms with E-state index in [1.807, 2.05) is 6.07 Å². The molecule has 0 bridgehead atoms. The average Bonchev–Trinajstić information content (AvgIpc) is 3.10. The SMILES string of the molecule is O=C(N/N=C/c1ccc(-c2ccccc2C(=O)O)o1)c1cccc(Br)c1. The van der Waals surface area contributed by atoms with Gasteiger partial charge in [0.25, 0.3) is 5.91 Å². The Morgan fingerprint density at radius 1 is 1.08 bits per heavy atom. The normalized spacial score (nSPS) is 10.8. The molecule has 0 saturated carbocycles. The first-order valence-corrected chi connectivity index (χ1v) is 8.35. The van der Waals surface area contributed by atoms with Crippen LogP contribution in [0.1, 0.15) is 26.5 Å². The average molecular weight is 413 g/mol. The molecule has 6 nitrogen and oxygen atoms in total. The molecule has 0 saturated heterocycles. The van der Waals surface area contributed by atoms with E-state index in [0.717, 1.165) is 4.47 Å². The van der Waals surface area contributed by atoms with Gasteiger partial charge in [0, 0.05) is 15.6 Å². The number of furan rings is 1. The van der Waals surface area contributed by atoms with Gasteiger partial charge in [0.1, 0.15) is 11.5 Å². The van der Waals surface area contributed by atoms with Crippen molar-refractivity contribution in [2.45, 2.75) is 0 Å². The molecule has 0 radical (unpaired) electrons. The quantitative estimate of drug-likeness (QED) is 0.485. The molecule has 0 unspecified atom stereocenters. The first-order valence-electron chi connectivity index (χ1n) is 7.56. The Kier molecular flexibility index (Phi) is 5.28. The minimum Gasteiger partial charge on any atom is -0.478 e. The zero-order chi connectivity index (χ0) is 18.5. The summed E-state index contributed by atoms with van der Waals surface area (Å²) in [5.41, 5.74) is 3.49. The molecule has 0 atom stereocenters. The van der Waals surface area contributed by atoms with Crippen molar-refractivity contribution in [3.63, 3.8) is 0 Å². The fourth-order valence-corrected chi connectivity index (χ4v) is 2.70. The van der Waals surface area contributed by atoms with Crippen LogP contribution in [0, 0.1) is 0 Å². The van der Waals surface area contributed by atoms with Gasteiger partial charge in [0.2, 0.25) is 0 Å². The molecule has 3 rings (SSSR count). The molecule has 0 aliphatic heterocycles. The molecular weight excluding hydrogens is 400 g/mol. The Morgan fingerprint density at radius 3 is 2.65 bits per heavy atom. The summed E-state index contributed by atoms with van der Waals surface area (Å²) in [5.74, 6) is -0.600. The van der Waals surface area contributed by atoms with Crippen LogP contribution in [-0.2, 0) is 0 Å². The van der Waals surface area contributed by atoms with Crippen molar-refractivity contribution in [1.82, 2.24) is 5.43 Å². The first kappa shape index (κ1) is 17.6. The second-order valence-corrected chi connectivity index (χ2v) is 6.18. The molecule has 1 aromatic heterocycles. The van der Waals surface area contributed by atoms with Crippen molar-refractivity contribution in [2.24, 2.45) is 5.10 Å². The maximum absolute atomic E-state index is 12.0. The van der Waals surface area contributed by atoms with Crippen molar-refractivity contribution in [3.05, 3.63) is 82.0 Å². The minimum atomic E-state index is -1.03. The van der Waals surface area contributed by atoms with E-state index in [1.54, 1.807) is 48.5 Å². The first-order chi connectivity index (χ1) is 12.5. The molecule has 26 heavy (non-hydrogen) atoms. The molecule has 0 spiro atoms. The van der Waals surface area contributed by atoms with E-state index in [2.05, 4.69) is 26.5 Å². The molecule has 0 aliphatic rings. The number of carbonyl (C=O) groups excluding carboxylic acids is 1. The van der Waals surface area contributed by atoms with Crippen LogP contribution in [0.3, 0.4) is 0 Å². The van der Waals surface area contributed by atoms with E-state index in [4.69, 9.17) is 4.42 Å². The Labute approximate surface area is 157 Å². The van der Waals surface area contributed by atoms with E-state index in [-0.39, 0.29) is 11.5 Å². The number of rotatable bonds is 5. The van der Waals surface area contributed by atoms with Crippen LogP contribution >= 0.6 is 15.9 Å². The maximum atomic E-state index is 12.0. The van der Waals surface area contributed by atoms with Crippen molar-refractivity contribution >= 4 is 34.0 Å². The van der Waals surface area contributed by atoms with Crippen LogP contribution in [0.4, 0.5) is 0 Å². The van der Waals surface area contributed by atoms with Gasteiger partial charge in [-0.2, -0.15) is 5.10 Å². The van der Waals surface area contributed by atoms with Crippen molar-refractivity contribution in [3.8, 4) is 11.3 Å². The second kappa shape index (κ2) is 7.79. The molecule has 3 aromatic rings. The number of amides is 1. The Hall–Kier alpha value is -3.19. The lowest BCUT2D eigenvalue weighted by atomic mass is 10.1. The fourth-order valence-electron chi connectivity index (χ4n) is 2.30. The highest BCUT2D eigenvalue weighted by Crippen LogP contribution is 2.25. The van der Waals surface area contributed by atoms with Crippen LogP contribution in [-0.4, -0.2) is 23.2 Å².